The predicted molar refractivity (Wildman–Crippen MR) is 93.7 cm³/mol. The van der Waals surface area contributed by atoms with Gasteiger partial charge in [0.15, 0.2) is 0 Å². The molecule has 24 heavy (non-hydrogen) atoms. The maximum Gasteiger partial charge on any atom is 0.230 e. The number of nitrogens with zero attached hydrogens (tertiary/aromatic N) is 2. The second-order valence-electron chi connectivity index (χ2n) is 7.18. The first-order valence-electron chi connectivity index (χ1n) is 8.77. The van der Waals surface area contributed by atoms with Crippen molar-refractivity contribution >= 4 is 16.8 Å². The van der Waals surface area contributed by atoms with Crippen molar-refractivity contribution in [3.8, 4) is 0 Å². The summed E-state index contributed by atoms with van der Waals surface area (Å²) >= 11 is 0. The smallest absolute Gasteiger partial charge is 0.230 e. The van der Waals surface area contributed by atoms with E-state index in [0.29, 0.717) is 12.5 Å². The van der Waals surface area contributed by atoms with Crippen LogP contribution in [0.3, 0.4) is 0 Å². The highest BCUT2D eigenvalue weighted by Crippen LogP contribution is 2.41. The summed E-state index contributed by atoms with van der Waals surface area (Å²) in [5.41, 5.74) is 2.34. The van der Waals surface area contributed by atoms with E-state index < -0.39 is 0 Å². The third-order valence-electron chi connectivity index (χ3n) is 5.62. The van der Waals surface area contributed by atoms with Crippen molar-refractivity contribution in [1.29, 1.82) is 0 Å². The number of nitrogens with one attached hydrogen (secondary N) is 1. The fourth-order valence-electron chi connectivity index (χ4n) is 4.23. The van der Waals surface area contributed by atoms with E-state index in [4.69, 9.17) is 4.74 Å². The first-order chi connectivity index (χ1) is 11.7. The van der Waals surface area contributed by atoms with Crippen molar-refractivity contribution < 1.29 is 9.53 Å². The van der Waals surface area contributed by atoms with Crippen molar-refractivity contribution in [3.63, 3.8) is 0 Å². The zero-order valence-corrected chi connectivity index (χ0v) is 14.3. The van der Waals surface area contributed by atoms with Crippen molar-refractivity contribution in [2.24, 2.45) is 5.41 Å². The van der Waals surface area contributed by atoms with Gasteiger partial charge in [0.25, 0.3) is 0 Å². The number of benzene rings is 1. The monoisotopic (exact) mass is 327 g/mol. The van der Waals surface area contributed by atoms with Gasteiger partial charge in [-0.3, -0.25) is 9.69 Å². The van der Waals surface area contributed by atoms with E-state index in [1.54, 1.807) is 7.11 Å². The Bertz CT molecular complexity index is 741. The molecule has 1 unspecified atom stereocenters. The van der Waals surface area contributed by atoms with E-state index in [0.717, 1.165) is 45.6 Å². The Hall–Kier alpha value is -1.85. The largest absolute Gasteiger partial charge is 0.383 e. The Morgan fingerprint density at radius 1 is 1.25 bits per heavy atom. The van der Waals surface area contributed by atoms with Gasteiger partial charge in [-0.25, -0.2) is 0 Å². The molecule has 1 amide bonds. The first kappa shape index (κ1) is 15.7. The summed E-state index contributed by atoms with van der Waals surface area (Å²) in [4.78, 5) is 20.5. The van der Waals surface area contributed by atoms with Gasteiger partial charge in [-0.05, 0) is 42.5 Å². The predicted octanol–water partition coefficient (Wildman–Crippen LogP) is 2.24. The zero-order chi connectivity index (χ0) is 16.6. The van der Waals surface area contributed by atoms with Gasteiger partial charge in [-0.15, -0.1) is 0 Å². The minimum atomic E-state index is -0.149. The molecule has 4 rings (SSSR count). The summed E-state index contributed by atoms with van der Waals surface area (Å²) in [6.45, 7) is 5.04. The number of amides is 1. The molecule has 1 N–H and O–H groups in total. The van der Waals surface area contributed by atoms with Crippen LogP contribution in [0.4, 0.5) is 0 Å². The maximum absolute atomic E-state index is 12.8. The second kappa shape index (κ2) is 6.22. The molecule has 5 heteroatoms. The van der Waals surface area contributed by atoms with E-state index in [-0.39, 0.29) is 5.41 Å². The molecule has 2 saturated heterocycles. The van der Waals surface area contributed by atoms with Crippen LogP contribution in [0.5, 0.6) is 0 Å². The van der Waals surface area contributed by atoms with Gasteiger partial charge >= 0.3 is 0 Å². The SMILES string of the molecule is COCCN1CCC2(CCN(Cc3ccc4cc[nH]c4c3)C2)C1=O. The molecule has 5 nitrogen and oxygen atoms in total. The molecule has 1 aromatic carbocycles. The lowest BCUT2D eigenvalue weighted by Crippen LogP contribution is -2.38. The lowest BCUT2D eigenvalue weighted by atomic mass is 9.85. The van der Waals surface area contributed by atoms with Gasteiger partial charge in [-0.2, -0.15) is 0 Å². The van der Waals surface area contributed by atoms with Gasteiger partial charge in [0.1, 0.15) is 0 Å². The number of fused-ring (bicyclic) bond motifs is 1. The Kier molecular flexibility index (Phi) is 4.06. The van der Waals surface area contributed by atoms with Crippen LogP contribution in [0.25, 0.3) is 10.9 Å². The minimum Gasteiger partial charge on any atom is -0.383 e. The summed E-state index contributed by atoms with van der Waals surface area (Å²) in [5.74, 6) is 0.335. The Morgan fingerprint density at radius 3 is 3.00 bits per heavy atom. The van der Waals surface area contributed by atoms with Crippen LogP contribution in [0, 0.1) is 5.41 Å². The molecule has 1 spiro atoms. The van der Waals surface area contributed by atoms with Gasteiger partial charge in [0, 0.05) is 45.0 Å². The van der Waals surface area contributed by atoms with Crippen molar-refractivity contribution in [2.75, 3.05) is 39.9 Å². The molecule has 2 aromatic rings. The molecular formula is C19H25N3O2. The molecular weight excluding hydrogens is 302 g/mol. The maximum atomic E-state index is 12.8. The fraction of sp³-hybridized carbons (Fsp3) is 0.526. The number of carbonyl (C=O) groups is 1. The molecule has 2 aliphatic rings. The number of carbonyl (C=O) groups excluding carboxylic acids is 1. The lowest BCUT2D eigenvalue weighted by Gasteiger charge is -2.23. The third-order valence-corrected chi connectivity index (χ3v) is 5.62. The van der Waals surface area contributed by atoms with E-state index >= 15 is 0 Å². The number of ether oxygens (including phenoxy) is 1. The highest BCUT2D eigenvalue weighted by molar-refractivity contribution is 5.85. The van der Waals surface area contributed by atoms with Gasteiger partial charge in [-0.1, -0.05) is 12.1 Å². The summed E-state index contributed by atoms with van der Waals surface area (Å²) in [7, 11) is 1.69. The summed E-state index contributed by atoms with van der Waals surface area (Å²) in [6, 6.07) is 8.68. The Balaban J connectivity index is 1.42. The van der Waals surface area contributed by atoms with E-state index in [1.807, 2.05) is 11.1 Å². The number of hydrogen-bond acceptors (Lipinski definition) is 3. The average Bonchev–Trinajstić information content (AvgIpc) is 3.28. The number of hydrogen-bond donors (Lipinski definition) is 1. The van der Waals surface area contributed by atoms with Crippen LogP contribution < -0.4 is 0 Å². The summed E-state index contributed by atoms with van der Waals surface area (Å²) in [5, 5.41) is 1.25. The van der Waals surface area contributed by atoms with Crippen molar-refractivity contribution in [2.45, 2.75) is 19.4 Å². The van der Waals surface area contributed by atoms with Crippen molar-refractivity contribution in [1.82, 2.24) is 14.8 Å². The van der Waals surface area contributed by atoms with Crippen LogP contribution >= 0.6 is 0 Å². The van der Waals surface area contributed by atoms with Crippen LogP contribution in [0.2, 0.25) is 0 Å². The third kappa shape index (κ3) is 2.72. The molecule has 0 radical (unpaired) electrons. The highest BCUT2D eigenvalue weighted by Gasteiger charge is 2.50. The first-order valence-corrected chi connectivity index (χ1v) is 8.77. The number of aromatic amines is 1. The van der Waals surface area contributed by atoms with E-state index in [9.17, 15) is 4.79 Å². The number of H-pyrrole nitrogens is 1. The number of methoxy groups -OCH3 is 1. The molecule has 1 atom stereocenters. The standard InChI is InChI=1S/C19H25N3O2/c1-24-11-10-22-9-6-19(18(22)23)5-8-21(14-19)13-15-2-3-16-4-7-20-17(16)12-15/h2-4,7,12,20H,5-6,8-11,13-14H2,1H3. The van der Waals surface area contributed by atoms with Gasteiger partial charge < -0.3 is 14.6 Å². The molecule has 3 heterocycles. The summed E-state index contributed by atoms with van der Waals surface area (Å²) in [6.07, 6.45) is 3.95. The van der Waals surface area contributed by atoms with Crippen LogP contribution in [0.15, 0.2) is 30.5 Å². The summed E-state index contributed by atoms with van der Waals surface area (Å²) < 4.78 is 5.12. The molecule has 2 fully saturated rings. The molecule has 1 aromatic heterocycles. The molecule has 0 saturated carbocycles. The van der Waals surface area contributed by atoms with E-state index in [1.165, 1.54) is 16.5 Å². The molecule has 0 aliphatic carbocycles. The topological polar surface area (TPSA) is 48.6 Å². The quantitative estimate of drug-likeness (QED) is 0.916. The second-order valence-corrected chi connectivity index (χ2v) is 7.18. The molecule has 128 valence electrons. The van der Waals surface area contributed by atoms with Crippen molar-refractivity contribution in [3.05, 3.63) is 36.0 Å². The van der Waals surface area contributed by atoms with Gasteiger partial charge in [0.05, 0.1) is 12.0 Å². The number of likely N-dealkylation sites (tertiary alicyclic amines) is 2. The van der Waals surface area contributed by atoms with Gasteiger partial charge in [0.2, 0.25) is 5.91 Å². The Morgan fingerprint density at radius 2 is 2.12 bits per heavy atom. The van der Waals surface area contributed by atoms with Crippen LogP contribution in [-0.2, 0) is 16.1 Å². The average molecular weight is 327 g/mol. The lowest BCUT2D eigenvalue weighted by molar-refractivity contribution is -0.136. The normalized spacial score (nSPS) is 24.7. The van der Waals surface area contributed by atoms with Crippen LogP contribution in [-0.4, -0.2) is 60.6 Å². The number of aromatic nitrogens is 1. The van der Waals surface area contributed by atoms with E-state index in [2.05, 4.69) is 34.1 Å². The molecule has 2 aliphatic heterocycles. The zero-order valence-electron chi connectivity index (χ0n) is 14.3. The Labute approximate surface area is 142 Å². The minimum absolute atomic E-state index is 0.149. The molecule has 0 bridgehead atoms. The highest BCUT2D eigenvalue weighted by atomic mass is 16.5. The number of rotatable bonds is 5. The fourth-order valence-corrected chi connectivity index (χ4v) is 4.23. The van der Waals surface area contributed by atoms with Crippen LogP contribution in [0.1, 0.15) is 18.4 Å².